The van der Waals surface area contributed by atoms with Crippen molar-refractivity contribution in [1.29, 1.82) is 0 Å². The summed E-state index contributed by atoms with van der Waals surface area (Å²) < 4.78 is 0. The maximum Gasteiger partial charge on any atom is 0.390 e. The first-order chi connectivity index (χ1) is 10.4. The number of guanidine groups is 1. The molecule has 0 aromatic heterocycles. The highest BCUT2D eigenvalue weighted by Gasteiger charge is 2.20. The molecule has 22 heavy (non-hydrogen) atoms. The predicted molar refractivity (Wildman–Crippen MR) is 77.5 cm³/mol. The zero-order valence-electron chi connectivity index (χ0n) is 11.8. The van der Waals surface area contributed by atoms with E-state index >= 15 is 0 Å². The lowest BCUT2D eigenvalue weighted by molar-refractivity contribution is -0.235. The van der Waals surface area contributed by atoms with Crippen molar-refractivity contribution in [2.45, 2.75) is 18.9 Å². The fourth-order valence-electron chi connectivity index (χ4n) is 1.47. The number of hydrogen-bond acceptors (Lipinski definition) is 7. The van der Waals surface area contributed by atoms with Crippen molar-refractivity contribution in [3.05, 3.63) is 29.8 Å². The minimum absolute atomic E-state index is 0.0484. The largest absolute Gasteiger partial charge is 0.507 e. The molecule has 0 radical (unpaired) electrons. The van der Waals surface area contributed by atoms with Crippen LogP contribution < -0.4 is 17.2 Å². The Morgan fingerprint density at radius 1 is 1.23 bits per heavy atom. The summed E-state index contributed by atoms with van der Waals surface area (Å²) in [6.45, 7) is 0.320. The number of para-hydroxylation sites is 1. The molecule has 0 aliphatic carbocycles. The minimum Gasteiger partial charge on any atom is -0.507 e. The number of nitrogens with two attached hydrogens (primary N) is 3. The van der Waals surface area contributed by atoms with Gasteiger partial charge in [-0.3, -0.25) is 4.99 Å². The lowest BCUT2D eigenvalue weighted by Crippen LogP contribution is -2.33. The zero-order chi connectivity index (χ0) is 16.5. The van der Waals surface area contributed by atoms with Crippen LogP contribution >= 0.6 is 0 Å². The van der Waals surface area contributed by atoms with Gasteiger partial charge in [0.25, 0.3) is 0 Å². The van der Waals surface area contributed by atoms with Gasteiger partial charge in [0.1, 0.15) is 17.4 Å². The summed E-state index contributed by atoms with van der Waals surface area (Å²) in [5, 5.41) is 9.44. The molecule has 1 aromatic rings. The van der Waals surface area contributed by atoms with Crippen molar-refractivity contribution in [3.63, 3.8) is 0 Å². The first-order valence-electron chi connectivity index (χ1n) is 6.43. The van der Waals surface area contributed by atoms with Gasteiger partial charge in [-0.25, -0.2) is 19.4 Å². The van der Waals surface area contributed by atoms with Crippen LogP contribution in [-0.4, -0.2) is 35.6 Å². The zero-order valence-corrected chi connectivity index (χ0v) is 11.8. The van der Waals surface area contributed by atoms with E-state index in [1.54, 1.807) is 0 Å². The number of aliphatic imine (C=N–C) groups is 1. The topological polar surface area (TPSA) is 163 Å². The Bertz CT molecular complexity index is 557. The van der Waals surface area contributed by atoms with Gasteiger partial charge >= 0.3 is 11.9 Å². The van der Waals surface area contributed by atoms with E-state index in [9.17, 15) is 14.7 Å². The third kappa shape index (κ3) is 5.67. The van der Waals surface area contributed by atoms with Crippen LogP contribution in [0.25, 0.3) is 0 Å². The number of aromatic hydroxyl groups is 1. The number of nitrogens with zero attached hydrogens (tertiary/aromatic N) is 1. The smallest absolute Gasteiger partial charge is 0.390 e. The highest BCUT2D eigenvalue weighted by Crippen LogP contribution is 2.16. The molecular weight excluding hydrogens is 292 g/mol. The van der Waals surface area contributed by atoms with Gasteiger partial charge in [-0.05, 0) is 25.0 Å². The molecule has 1 unspecified atom stereocenters. The second kappa shape index (κ2) is 8.47. The number of rotatable bonds is 6. The van der Waals surface area contributed by atoms with Crippen LogP contribution in [0.4, 0.5) is 0 Å². The Kier molecular flexibility index (Phi) is 6.64. The molecule has 0 aliphatic heterocycles. The molecule has 0 bridgehead atoms. The van der Waals surface area contributed by atoms with E-state index < -0.39 is 18.0 Å². The lowest BCUT2D eigenvalue weighted by atomic mass is 10.2. The van der Waals surface area contributed by atoms with Gasteiger partial charge in [0, 0.05) is 6.54 Å². The third-order valence-corrected chi connectivity index (χ3v) is 2.59. The van der Waals surface area contributed by atoms with E-state index in [0.29, 0.717) is 13.0 Å². The van der Waals surface area contributed by atoms with Gasteiger partial charge in [-0.1, -0.05) is 12.1 Å². The standard InChI is InChI=1S/C13H18N4O5/c14-9(5-3-7-17-13(15)16)12(20)22-21-11(19)8-4-1-2-6-10(8)18/h1-2,4,6,9,18H,3,5,7,14H2,(H4,15,16,17). The number of carbonyl (C=O) groups is 2. The van der Waals surface area contributed by atoms with Crippen LogP contribution in [0, 0.1) is 0 Å². The van der Waals surface area contributed by atoms with Crippen LogP contribution in [0.3, 0.4) is 0 Å². The summed E-state index contributed by atoms with van der Waals surface area (Å²) in [6, 6.07) is 4.69. The van der Waals surface area contributed by atoms with E-state index in [-0.39, 0.29) is 23.7 Å². The third-order valence-electron chi connectivity index (χ3n) is 2.59. The number of benzene rings is 1. The van der Waals surface area contributed by atoms with E-state index in [1.165, 1.54) is 24.3 Å². The highest BCUT2D eigenvalue weighted by atomic mass is 17.2. The predicted octanol–water partition coefficient (Wildman–Crippen LogP) is -0.612. The second-order valence-corrected chi connectivity index (χ2v) is 4.35. The van der Waals surface area contributed by atoms with Crippen molar-refractivity contribution in [3.8, 4) is 5.75 Å². The van der Waals surface area contributed by atoms with Crippen molar-refractivity contribution in [1.82, 2.24) is 0 Å². The molecule has 0 aliphatic rings. The molecule has 1 rings (SSSR count). The summed E-state index contributed by atoms with van der Waals surface area (Å²) >= 11 is 0. The Morgan fingerprint density at radius 3 is 2.55 bits per heavy atom. The van der Waals surface area contributed by atoms with Crippen molar-refractivity contribution >= 4 is 17.9 Å². The number of carbonyl (C=O) groups excluding carboxylic acids is 2. The molecule has 7 N–H and O–H groups in total. The van der Waals surface area contributed by atoms with Gasteiger partial charge in [0.05, 0.1) is 0 Å². The maximum atomic E-state index is 11.6. The summed E-state index contributed by atoms with van der Waals surface area (Å²) in [5.41, 5.74) is 15.7. The molecule has 0 saturated heterocycles. The molecule has 1 atom stereocenters. The van der Waals surface area contributed by atoms with Crippen LogP contribution in [0.5, 0.6) is 5.75 Å². The highest BCUT2D eigenvalue weighted by molar-refractivity contribution is 5.92. The Labute approximate surface area is 126 Å². The van der Waals surface area contributed by atoms with Crippen LogP contribution in [0.1, 0.15) is 23.2 Å². The molecule has 0 heterocycles. The number of phenols is 1. The molecule has 120 valence electrons. The van der Waals surface area contributed by atoms with E-state index in [4.69, 9.17) is 17.2 Å². The van der Waals surface area contributed by atoms with Crippen molar-refractivity contribution in [2.24, 2.45) is 22.2 Å². The second-order valence-electron chi connectivity index (χ2n) is 4.35. The average molecular weight is 310 g/mol. The first-order valence-corrected chi connectivity index (χ1v) is 6.43. The Morgan fingerprint density at radius 2 is 1.91 bits per heavy atom. The summed E-state index contributed by atoms with van der Waals surface area (Å²) in [4.78, 5) is 35.5. The van der Waals surface area contributed by atoms with Crippen LogP contribution in [0.15, 0.2) is 29.3 Å². The van der Waals surface area contributed by atoms with Gasteiger partial charge in [0.15, 0.2) is 5.96 Å². The Hall–Kier alpha value is -2.81. The molecule has 0 amide bonds. The molecule has 0 spiro atoms. The van der Waals surface area contributed by atoms with Crippen molar-refractivity contribution in [2.75, 3.05) is 6.54 Å². The van der Waals surface area contributed by atoms with Crippen molar-refractivity contribution < 1.29 is 24.5 Å². The van der Waals surface area contributed by atoms with E-state index in [0.717, 1.165) is 0 Å². The summed E-state index contributed by atoms with van der Waals surface area (Å²) in [5.74, 6) is -2.24. The Balaban J connectivity index is 2.37. The van der Waals surface area contributed by atoms with Crippen LogP contribution in [0.2, 0.25) is 0 Å². The maximum absolute atomic E-state index is 11.6. The number of hydrogen-bond donors (Lipinski definition) is 4. The van der Waals surface area contributed by atoms with Gasteiger partial charge in [-0.15, -0.1) is 0 Å². The minimum atomic E-state index is -1.00. The molecule has 0 fully saturated rings. The lowest BCUT2D eigenvalue weighted by Gasteiger charge is -2.09. The SMILES string of the molecule is NC(N)=NCCCC(N)C(=O)OOC(=O)c1ccccc1O. The molecule has 9 heteroatoms. The molecular formula is C13H18N4O5. The number of phenolic OH excluding ortho intramolecular Hbond substituents is 1. The first kappa shape index (κ1) is 17.2. The van der Waals surface area contributed by atoms with E-state index in [2.05, 4.69) is 14.8 Å². The molecule has 1 aromatic carbocycles. The molecule has 9 nitrogen and oxygen atoms in total. The monoisotopic (exact) mass is 310 g/mol. The summed E-state index contributed by atoms with van der Waals surface area (Å²) in [6.07, 6.45) is 0.714. The fraction of sp³-hybridized carbons (Fsp3) is 0.308. The van der Waals surface area contributed by atoms with Gasteiger partial charge < -0.3 is 22.3 Å². The fourth-order valence-corrected chi connectivity index (χ4v) is 1.47. The van der Waals surface area contributed by atoms with E-state index in [1.807, 2.05) is 0 Å². The quantitative estimate of drug-likeness (QED) is 0.178. The van der Waals surface area contributed by atoms with Crippen LogP contribution in [-0.2, 0) is 14.6 Å². The molecule has 0 saturated carbocycles. The van der Waals surface area contributed by atoms with Gasteiger partial charge in [0.2, 0.25) is 0 Å². The average Bonchev–Trinajstić information content (AvgIpc) is 2.48. The van der Waals surface area contributed by atoms with Gasteiger partial charge in [-0.2, -0.15) is 0 Å². The summed E-state index contributed by atoms with van der Waals surface area (Å²) in [7, 11) is 0. The normalized spacial score (nSPS) is 11.3.